The molecule has 0 radical (unpaired) electrons. The number of carbonyl (C=O) groups is 1. The molecule has 0 aliphatic carbocycles. The van der Waals surface area contributed by atoms with Crippen molar-refractivity contribution in [2.45, 2.75) is 13.8 Å². The lowest BCUT2D eigenvalue weighted by Gasteiger charge is -2.32. The van der Waals surface area contributed by atoms with Crippen molar-refractivity contribution >= 4 is 5.91 Å². The lowest BCUT2D eigenvalue weighted by atomic mass is 10.1. The molecule has 116 valence electrons. The molecule has 1 aliphatic rings. The standard InChI is InChI=1S/C16H24N2O3/c1-4-20-13-6-7-14(15(12-13)21-5-2)16(19)18-10-8-17(3)9-11-18/h6-7,12H,4-5,8-11H2,1-3H3. The highest BCUT2D eigenvalue weighted by molar-refractivity contribution is 5.97. The van der Waals surface area contributed by atoms with Crippen LogP contribution in [0.3, 0.4) is 0 Å². The van der Waals surface area contributed by atoms with Crippen LogP contribution in [0.2, 0.25) is 0 Å². The third-order valence-electron chi connectivity index (χ3n) is 3.58. The van der Waals surface area contributed by atoms with Gasteiger partial charge >= 0.3 is 0 Å². The van der Waals surface area contributed by atoms with Crippen molar-refractivity contribution in [1.29, 1.82) is 0 Å². The van der Waals surface area contributed by atoms with Crippen LogP contribution in [0.4, 0.5) is 0 Å². The third-order valence-corrected chi connectivity index (χ3v) is 3.58. The van der Waals surface area contributed by atoms with Crippen LogP contribution in [0.15, 0.2) is 18.2 Å². The number of benzene rings is 1. The van der Waals surface area contributed by atoms with E-state index in [-0.39, 0.29) is 5.91 Å². The largest absolute Gasteiger partial charge is 0.494 e. The number of nitrogens with zero attached hydrogens (tertiary/aromatic N) is 2. The van der Waals surface area contributed by atoms with E-state index in [4.69, 9.17) is 9.47 Å². The number of ether oxygens (including phenoxy) is 2. The first kappa shape index (κ1) is 15.6. The Labute approximate surface area is 126 Å². The fourth-order valence-corrected chi connectivity index (χ4v) is 2.39. The minimum absolute atomic E-state index is 0.0367. The summed E-state index contributed by atoms with van der Waals surface area (Å²) in [6.45, 7) is 8.30. The molecule has 21 heavy (non-hydrogen) atoms. The Morgan fingerprint density at radius 1 is 1.10 bits per heavy atom. The van der Waals surface area contributed by atoms with E-state index < -0.39 is 0 Å². The summed E-state index contributed by atoms with van der Waals surface area (Å²) in [5.74, 6) is 1.37. The molecule has 0 spiro atoms. The second kappa shape index (κ2) is 7.31. The number of amides is 1. The monoisotopic (exact) mass is 292 g/mol. The number of hydrogen-bond acceptors (Lipinski definition) is 4. The average Bonchev–Trinajstić information content (AvgIpc) is 2.48. The van der Waals surface area contributed by atoms with E-state index in [1.165, 1.54) is 0 Å². The Kier molecular flexibility index (Phi) is 5.44. The maximum atomic E-state index is 12.7. The van der Waals surface area contributed by atoms with E-state index in [1.54, 1.807) is 12.1 Å². The molecule has 1 saturated heterocycles. The Hall–Kier alpha value is -1.75. The van der Waals surface area contributed by atoms with E-state index in [0.717, 1.165) is 31.9 Å². The molecular formula is C16H24N2O3. The Morgan fingerprint density at radius 2 is 1.76 bits per heavy atom. The van der Waals surface area contributed by atoms with Crippen molar-refractivity contribution < 1.29 is 14.3 Å². The fraction of sp³-hybridized carbons (Fsp3) is 0.562. The first-order valence-corrected chi connectivity index (χ1v) is 7.53. The fourth-order valence-electron chi connectivity index (χ4n) is 2.39. The number of carbonyl (C=O) groups excluding carboxylic acids is 1. The molecule has 1 fully saturated rings. The van der Waals surface area contributed by atoms with Gasteiger partial charge in [-0.05, 0) is 33.0 Å². The molecule has 1 heterocycles. The van der Waals surface area contributed by atoms with E-state index in [9.17, 15) is 4.79 Å². The van der Waals surface area contributed by atoms with Gasteiger partial charge < -0.3 is 19.3 Å². The smallest absolute Gasteiger partial charge is 0.257 e. The van der Waals surface area contributed by atoms with Crippen molar-refractivity contribution in [1.82, 2.24) is 9.80 Å². The molecule has 1 aromatic rings. The van der Waals surface area contributed by atoms with Gasteiger partial charge in [0.2, 0.25) is 0 Å². The molecule has 0 N–H and O–H groups in total. The van der Waals surface area contributed by atoms with Crippen LogP contribution in [0.1, 0.15) is 24.2 Å². The van der Waals surface area contributed by atoms with Crippen LogP contribution in [0, 0.1) is 0 Å². The zero-order valence-corrected chi connectivity index (χ0v) is 13.1. The summed E-state index contributed by atoms with van der Waals surface area (Å²) in [5.41, 5.74) is 0.616. The summed E-state index contributed by atoms with van der Waals surface area (Å²) >= 11 is 0. The molecule has 0 aromatic heterocycles. The highest BCUT2D eigenvalue weighted by Crippen LogP contribution is 2.26. The van der Waals surface area contributed by atoms with Crippen LogP contribution in [0.25, 0.3) is 0 Å². The normalized spacial score (nSPS) is 15.9. The summed E-state index contributed by atoms with van der Waals surface area (Å²) in [6.07, 6.45) is 0. The molecule has 5 heteroatoms. The maximum Gasteiger partial charge on any atom is 0.257 e. The molecule has 1 aliphatic heterocycles. The first-order chi connectivity index (χ1) is 10.2. The van der Waals surface area contributed by atoms with Crippen molar-refractivity contribution in [2.24, 2.45) is 0 Å². The minimum atomic E-state index is 0.0367. The predicted molar refractivity (Wildman–Crippen MR) is 82.2 cm³/mol. The van der Waals surface area contributed by atoms with Crippen LogP contribution in [0.5, 0.6) is 11.5 Å². The van der Waals surface area contributed by atoms with Gasteiger partial charge in [0.1, 0.15) is 11.5 Å². The molecular weight excluding hydrogens is 268 g/mol. The quantitative estimate of drug-likeness (QED) is 0.831. The first-order valence-electron chi connectivity index (χ1n) is 7.53. The summed E-state index contributed by atoms with van der Waals surface area (Å²) in [5, 5.41) is 0. The number of rotatable bonds is 5. The summed E-state index contributed by atoms with van der Waals surface area (Å²) < 4.78 is 11.1. The summed E-state index contributed by atoms with van der Waals surface area (Å²) in [4.78, 5) is 16.8. The molecule has 2 rings (SSSR count). The SMILES string of the molecule is CCOc1ccc(C(=O)N2CCN(C)CC2)c(OCC)c1. The predicted octanol–water partition coefficient (Wildman–Crippen LogP) is 1.87. The molecule has 1 amide bonds. The topological polar surface area (TPSA) is 42.0 Å². The second-order valence-electron chi connectivity index (χ2n) is 5.12. The van der Waals surface area contributed by atoms with Crippen LogP contribution < -0.4 is 9.47 Å². The molecule has 1 aromatic carbocycles. The number of hydrogen-bond donors (Lipinski definition) is 0. The van der Waals surface area contributed by atoms with Crippen molar-refractivity contribution in [3.8, 4) is 11.5 Å². The van der Waals surface area contributed by atoms with Crippen molar-refractivity contribution in [3.05, 3.63) is 23.8 Å². The lowest BCUT2D eigenvalue weighted by Crippen LogP contribution is -2.47. The lowest BCUT2D eigenvalue weighted by molar-refractivity contribution is 0.0660. The summed E-state index contributed by atoms with van der Waals surface area (Å²) in [6, 6.07) is 5.43. The molecule has 0 bridgehead atoms. The third kappa shape index (κ3) is 3.88. The summed E-state index contributed by atoms with van der Waals surface area (Å²) in [7, 11) is 2.07. The molecule has 0 atom stereocenters. The Bertz CT molecular complexity index is 482. The minimum Gasteiger partial charge on any atom is -0.494 e. The molecule has 0 unspecified atom stereocenters. The van der Waals surface area contributed by atoms with Crippen molar-refractivity contribution in [2.75, 3.05) is 46.4 Å². The van der Waals surface area contributed by atoms with Crippen LogP contribution in [-0.4, -0.2) is 62.1 Å². The zero-order valence-electron chi connectivity index (χ0n) is 13.1. The Balaban J connectivity index is 2.18. The molecule has 5 nitrogen and oxygen atoms in total. The second-order valence-corrected chi connectivity index (χ2v) is 5.12. The van der Waals surface area contributed by atoms with Crippen molar-refractivity contribution in [3.63, 3.8) is 0 Å². The van der Waals surface area contributed by atoms with Gasteiger partial charge in [-0.2, -0.15) is 0 Å². The number of piperazine rings is 1. The van der Waals surface area contributed by atoms with Gasteiger partial charge in [-0.1, -0.05) is 0 Å². The van der Waals surface area contributed by atoms with Gasteiger partial charge in [-0.3, -0.25) is 4.79 Å². The number of likely N-dealkylation sites (N-methyl/N-ethyl adjacent to an activating group) is 1. The van der Waals surface area contributed by atoms with E-state index >= 15 is 0 Å². The van der Waals surface area contributed by atoms with E-state index in [1.807, 2.05) is 24.8 Å². The average molecular weight is 292 g/mol. The molecule has 0 saturated carbocycles. The van der Waals surface area contributed by atoms with Gasteiger partial charge in [0.25, 0.3) is 5.91 Å². The van der Waals surface area contributed by atoms with Gasteiger partial charge in [-0.25, -0.2) is 0 Å². The highest BCUT2D eigenvalue weighted by Gasteiger charge is 2.23. The van der Waals surface area contributed by atoms with Gasteiger partial charge in [-0.15, -0.1) is 0 Å². The van der Waals surface area contributed by atoms with Crippen LogP contribution >= 0.6 is 0 Å². The van der Waals surface area contributed by atoms with E-state index in [2.05, 4.69) is 11.9 Å². The van der Waals surface area contributed by atoms with Crippen LogP contribution in [-0.2, 0) is 0 Å². The van der Waals surface area contributed by atoms with Gasteiger partial charge in [0, 0.05) is 32.2 Å². The zero-order chi connectivity index (χ0) is 15.2. The van der Waals surface area contributed by atoms with E-state index in [0.29, 0.717) is 24.5 Å². The van der Waals surface area contributed by atoms with Gasteiger partial charge in [0.05, 0.1) is 18.8 Å². The van der Waals surface area contributed by atoms with Gasteiger partial charge in [0.15, 0.2) is 0 Å². The Morgan fingerprint density at radius 3 is 2.38 bits per heavy atom. The highest BCUT2D eigenvalue weighted by atomic mass is 16.5. The maximum absolute atomic E-state index is 12.7.